The van der Waals surface area contributed by atoms with E-state index in [0.29, 0.717) is 11.0 Å². The van der Waals surface area contributed by atoms with E-state index in [1.54, 1.807) is 19.2 Å². The van der Waals surface area contributed by atoms with Gasteiger partial charge in [0.2, 0.25) is 5.91 Å². The molecule has 5 aromatic rings. The van der Waals surface area contributed by atoms with E-state index >= 15 is 0 Å². The van der Waals surface area contributed by atoms with E-state index in [9.17, 15) is 9.18 Å². The standard InChI is InChI=1S/C25H20FN5O2S/c1-33-17-12-10-16(11-13-17)31-24(19-14-27-21-8-4-2-6-18(19)21)29-30-25(31)34-15-23(32)28-22-9-5-3-7-20(22)26/h2-14,27H,15H2,1H3,(H,28,32). The van der Waals surface area contributed by atoms with E-state index in [1.165, 1.54) is 23.9 Å². The molecule has 0 saturated carbocycles. The van der Waals surface area contributed by atoms with E-state index in [2.05, 4.69) is 20.5 Å². The number of amides is 1. The van der Waals surface area contributed by atoms with Crippen molar-refractivity contribution >= 4 is 34.3 Å². The van der Waals surface area contributed by atoms with Crippen LogP contribution < -0.4 is 10.1 Å². The summed E-state index contributed by atoms with van der Waals surface area (Å²) >= 11 is 1.22. The number of aromatic nitrogens is 4. The predicted molar refractivity (Wildman–Crippen MR) is 131 cm³/mol. The lowest BCUT2D eigenvalue weighted by Gasteiger charge is -2.11. The molecule has 0 fully saturated rings. The second kappa shape index (κ2) is 9.40. The zero-order valence-electron chi connectivity index (χ0n) is 18.2. The minimum Gasteiger partial charge on any atom is -0.497 e. The molecule has 0 atom stereocenters. The number of ether oxygens (including phenoxy) is 1. The highest BCUT2D eigenvalue weighted by Crippen LogP contribution is 2.33. The highest BCUT2D eigenvalue weighted by atomic mass is 32.2. The lowest BCUT2D eigenvalue weighted by molar-refractivity contribution is -0.113. The van der Waals surface area contributed by atoms with Gasteiger partial charge in [-0.1, -0.05) is 42.1 Å². The Kier molecular flexibility index (Phi) is 6.01. The molecule has 2 aromatic heterocycles. The van der Waals surface area contributed by atoms with E-state index in [4.69, 9.17) is 4.74 Å². The fraction of sp³-hybridized carbons (Fsp3) is 0.0800. The van der Waals surface area contributed by atoms with Gasteiger partial charge < -0.3 is 15.0 Å². The number of H-pyrrole nitrogens is 1. The Morgan fingerprint density at radius 1 is 1.06 bits per heavy atom. The molecule has 2 N–H and O–H groups in total. The first-order valence-corrected chi connectivity index (χ1v) is 11.5. The first-order chi connectivity index (χ1) is 16.6. The zero-order chi connectivity index (χ0) is 23.5. The average Bonchev–Trinajstić information content (AvgIpc) is 3.48. The van der Waals surface area contributed by atoms with Gasteiger partial charge in [0.1, 0.15) is 11.6 Å². The number of hydrogen-bond acceptors (Lipinski definition) is 5. The summed E-state index contributed by atoms with van der Waals surface area (Å²) in [7, 11) is 1.61. The second-order valence-corrected chi connectivity index (χ2v) is 8.35. The average molecular weight is 474 g/mol. The molecule has 170 valence electrons. The van der Waals surface area contributed by atoms with Crippen LogP contribution in [-0.2, 0) is 4.79 Å². The fourth-order valence-corrected chi connectivity index (χ4v) is 4.39. The van der Waals surface area contributed by atoms with Crippen LogP contribution in [0.2, 0.25) is 0 Å². The van der Waals surface area contributed by atoms with Crippen LogP contribution in [0.15, 0.2) is 84.1 Å². The van der Waals surface area contributed by atoms with Gasteiger partial charge in [-0.15, -0.1) is 10.2 Å². The van der Waals surface area contributed by atoms with Gasteiger partial charge >= 0.3 is 0 Å². The van der Waals surface area contributed by atoms with Crippen molar-refractivity contribution in [2.75, 3.05) is 18.2 Å². The lowest BCUT2D eigenvalue weighted by Crippen LogP contribution is -2.15. The highest BCUT2D eigenvalue weighted by molar-refractivity contribution is 7.99. The van der Waals surface area contributed by atoms with E-state index < -0.39 is 5.82 Å². The van der Waals surface area contributed by atoms with Crippen molar-refractivity contribution < 1.29 is 13.9 Å². The summed E-state index contributed by atoms with van der Waals surface area (Å²) in [4.78, 5) is 15.8. The number of hydrogen-bond donors (Lipinski definition) is 2. The molecule has 0 radical (unpaired) electrons. The molecule has 5 rings (SSSR count). The number of rotatable bonds is 7. The number of nitrogens with zero attached hydrogens (tertiary/aromatic N) is 3. The molecule has 3 aromatic carbocycles. The number of anilines is 1. The maximum atomic E-state index is 13.9. The Morgan fingerprint density at radius 2 is 1.82 bits per heavy atom. The normalized spacial score (nSPS) is 11.0. The van der Waals surface area contributed by atoms with Gasteiger partial charge in [-0.25, -0.2) is 4.39 Å². The number of carbonyl (C=O) groups is 1. The van der Waals surface area contributed by atoms with Gasteiger partial charge in [0.15, 0.2) is 11.0 Å². The number of carbonyl (C=O) groups excluding carboxylic acids is 1. The molecular weight excluding hydrogens is 453 g/mol. The van der Waals surface area contributed by atoms with E-state index in [1.807, 2.05) is 59.3 Å². The number of para-hydroxylation sites is 2. The Balaban J connectivity index is 1.48. The number of thioether (sulfide) groups is 1. The molecule has 0 bridgehead atoms. The van der Waals surface area contributed by atoms with Gasteiger partial charge in [-0.2, -0.15) is 0 Å². The summed E-state index contributed by atoms with van der Waals surface area (Å²) in [5.41, 5.74) is 2.84. The van der Waals surface area contributed by atoms with Gasteiger partial charge in [0.05, 0.1) is 18.6 Å². The maximum Gasteiger partial charge on any atom is 0.234 e. The van der Waals surface area contributed by atoms with Gasteiger partial charge in [-0.3, -0.25) is 9.36 Å². The monoisotopic (exact) mass is 473 g/mol. The molecular formula is C25H20FN5O2S. The Hall–Kier alpha value is -4.11. The van der Waals surface area contributed by atoms with Crippen LogP contribution in [0.1, 0.15) is 0 Å². The van der Waals surface area contributed by atoms with E-state index in [0.717, 1.165) is 27.9 Å². The molecule has 34 heavy (non-hydrogen) atoms. The van der Waals surface area contributed by atoms with Gasteiger partial charge in [0.25, 0.3) is 0 Å². The summed E-state index contributed by atoms with van der Waals surface area (Å²) in [5, 5.41) is 13.0. The molecule has 0 saturated heterocycles. The summed E-state index contributed by atoms with van der Waals surface area (Å²) in [5.74, 6) is 0.580. The minimum atomic E-state index is -0.483. The Morgan fingerprint density at radius 3 is 2.62 bits per heavy atom. The van der Waals surface area contributed by atoms with Crippen molar-refractivity contribution in [2.24, 2.45) is 0 Å². The van der Waals surface area contributed by atoms with Crippen molar-refractivity contribution in [3.8, 4) is 22.8 Å². The number of nitrogens with one attached hydrogen (secondary N) is 2. The maximum absolute atomic E-state index is 13.9. The Labute approximate surface area is 199 Å². The third kappa shape index (κ3) is 4.25. The Bertz CT molecular complexity index is 1460. The van der Waals surface area contributed by atoms with Crippen LogP contribution in [0.4, 0.5) is 10.1 Å². The molecule has 2 heterocycles. The molecule has 0 aliphatic carbocycles. The van der Waals surface area contributed by atoms with Crippen LogP contribution >= 0.6 is 11.8 Å². The van der Waals surface area contributed by atoms with Crippen LogP contribution in [0.25, 0.3) is 28.0 Å². The highest BCUT2D eigenvalue weighted by Gasteiger charge is 2.20. The molecule has 7 nitrogen and oxygen atoms in total. The largest absolute Gasteiger partial charge is 0.497 e. The molecule has 1 amide bonds. The first-order valence-electron chi connectivity index (χ1n) is 10.5. The summed E-state index contributed by atoms with van der Waals surface area (Å²) in [6.07, 6.45) is 1.90. The first kappa shape index (κ1) is 21.7. The van der Waals surface area contributed by atoms with Gasteiger partial charge in [0, 0.05) is 28.4 Å². The molecule has 0 aliphatic heterocycles. The number of aromatic amines is 1. The molecule has 0 aliphatic rings. The summed E-state index contributed by atoms with van der Waals surface area (Å²) in [6, 6.07) is 21.5. The van der Waals surface area contributed by atoms with Crippen molar-refractivity contribution in [2.45, 2.75) is 5.16 Å². The number of fused-ring (bicyclic) bond motifs is 1. The smallest absolute Gasteiger partial charge is 0.234 e. The van der Waals surface area contributed by atoms with Crippen molar-refractivity contribution in [3.05, 3.63) is 84.8 Å². The number of methoxy groups -OCH3 is 1. The topological polar surface area (TPSA) is 84.8 Å². The second-order valence-electron chi connectivity index (χ2n) is 7.40. The van der Waals surface area contributed by atoms with Crippen molar-refractivity contribution in [1.29, 1.82) is 0 Å². The lowest BCUT2D eigenvalue weighted by atomic mass is 10.1. The third-order valence-electron chi connectivity index (χ3n) is 5.27. The van der Waals surface area contributed by atoms with Crippen LogP contribution in [0.3, 0.4) is 0 Å². The quantitative estimate of drug-likeness (QED) is 0.314. The van der Waals surface area contributed by atoms with Crippen LogP contribution in [0.5, 0.6) is 5.75 Å². The van der Waals surface area contributed by atoms with Crippen molar-refractivity contribution in [1.82, 2.24) is 19.7 Å². The third-order valence-corrected chi connectivity index (χ3v) is 6.20. The zero-order valence-corrected chi connectivity index (χ0v) is 19.0. The SMILES string of the molecule is COc1ccc(-n2c(SCC(=O)Nc3ccccc3F)nnc2-c2c[nH]c3ccccc23)cc1. The van der Waals surface area contributed by atoms with Crippen LogP contribution in [-0.4, -0.2) is 38.5 Å². The minimum absolute atomic E-state index is 0.0382. The molecule has 0 spiro atoms. The summed E-state index contributed by atoms with van der Waals surface area (Å²) in [6.45, 7) is 0. The van der Waals surface area contributed by atoms with Crippen molar-refractivity contribution in [3.63, 3.8) is 0 Å². The number of halogens is 1. The summed E-state index contributed by atoms with van der Waals surface area (Å²) < 4.78 is 21.1. The van der Waals surface area contributed by atoms with Gasteiger partial charge in [-0.05, 0) is 42.5 Å². The molecule has 0 unspecified atom stereocenters. The van der Waals surface area contributed by atoms with E-state index in [-0.39, 0.29) is 17.3 Å². The fourth-order valence-electron chi connectivity index (χ4n) is 3.64. The number of benzene rings is 3. The molecule has 9 heteroatoms. The predicted octanol–water partition coefficient (Wildman–Crippen LogP) is 5.29. The van der Waals surface area contributed by atoms with Crippen LogP contribution in [0, 0.1) is 5.82 Å².